The summed E-state index contributed by atoms with van der Waals surface area (Å²) < 4.78 is 5.13. The highest BCUT2D eigenvalue weighted by Gasteiger charge is 2.20. The Bertz CT molecular complexity index is 266. The first kappa shape index (κ1) is 14.5. The summed E-state index contributed by atoms with van der Waals surface area (Å²) in [6.07, 6.45) is 2.12. The largest absolute Gasteiger partial charge is 0.501 e. The van der Waals surface area contributed by atoms with Crippen molar-refractivity contribution in [1.29, 1.82) is 0 Å². The Labute approximate surface area is 94.7 Å². The second-order valence-electron chi connectivity index (χ2n) is 3.84. The Morgan fingerprint density at radius 2 is 1.94 bits per heavy atom. The van der Waals surface area contributed by atoms with E-state index in [9.17, 15) is 9.59 Å². The monoisotopic (exact) mass is 230 g/mol. The lowest BCUT2D eigenvalue weighted by Crippen LogP contribution is -2.18. The molecule has 0 aromatic heterocycles. The highest BCUT2D eigenvalue weighted by Crippen LogP contribution is 2.12. The predicted octanol–water partition coefficient (Wildman–Crippen LogP) is 1.88. The van der Waals surface area contributed by atoms with Gasteiger partial charge in [-0.1, -0.05) is 0 Å². The Morgan fingerprint density at radius 3 is 2.38 bits per heavy atom. The molecule has 5 heteroatoms. The van der Waals surface area contributed by atoms with Crippen molar-refractivity contribution >= 4 is 11.9 Å². The number of allylic oxidation sites excluding steroid dienone is 1. The molecule has 0 saturated heterocycles. The summed E-state index contributed by atoms with van der Waals surface area (Å²) >= 11 is 0. The first-order chi connectivity index (χ1) is 7.43. The zero-order valence-corrected chi connectivity index (χ0v) is 9.60. The molecule has 2 N–H and O–H groups in total. The fourth-order valence-electron chi connectivity index (χ4n) is 1.16. The van der Waals surface area contributed by atoms with Crippen molar-refractivity contribution in [2.24, 2.45) is 5.92 Å². The molecular formula is C11H18O5. The summed E-state index contributed by atoms with van der Waals surface area (Å²) in [6, 6.07) is 0. The molecule has 0 aliphatic heterocycles. The summed E-state index contributed by atoms with van der Waals surface area (Å²) in [4.78, 5) is 21.1. The molecule has 0 aliphatic carbocycles. The van der Waals surface area contributed by atoms with Crippen LogP contribution in [0.4, 0.5) is 0 Å². The Balaban J connectivity index is 3.81. The number of rotatable bonds is 8. The molecule has 0 aromatic rings. The minimum absolute atomic E-state index is 0.318. The lowest BCUT2D eigenvalue weighted by Gasteiger charge is -2.09. The highest BCUT2D eigenvalue weighted by molar-refractivity contribution is 5.77. The van der Waals surface area contributed by atoms with Gasteiger partial charge in [0.1, 0.15) is 0 Å². The number of hydrogen-bond acceptors (Lipinski definition) is 3. The van der Waals surface area contributed by atoms with Gasteiger partial charge in [0.15, 0.2) is 0 Å². The van der Waals surface area contributed by atoms with Crippen LogP contribution in [0.25, 0.3) is 0 Å². The maximum Gasteiger partial charge on any atom is 0.307 e. The van der Waals surface area contributed by atoms with Crippen LogP contribution in [0.2, 0.25) is 0 Å². The van der Waals surface area contributed by atoms with E-state index < -0.39 is 17.9 Å². The molecule has 0 amide bonds. The minimum atomic E-state index is -1.09. The number of carboxylic acid groups (broad SMARTS) is 2. The average molecular weight is 230 g/mol. The maximum absolute atomic E-state index is 10.7. The predicted molar refractivity (Wildman–Crippen MR) is 58.0 cm³/mol. The second kappa shape index (κ2) is 7.73. The highest BCUT2D eigenvalue weighted by atomic mass is 16.5. The smallest absolute Gasteiger partial charge is 0.307 e. The molecular weight excluding hydrogens is 212 g/mol. The summed E-state index contributed by atoms with van der Waals surface area (Å²) in [5.41, 5.74) is 1.03. The third-order valence-corrected chi connectivity index (χ3v) is 1.90. The van der Waals surface area contributed by atoms with Crippen molar-refractivity contribution in [3.8, 4) is 0 Å². The average Bonchev–Trinajstić information content (AvgIpc) is 2.14. The molecule has 0 fully saturated rings. The van der Waals surface area contributed by atoms with Gasteiger partial charge >= 0.3 is 11.9 Å². The molecule has 0 saturated carbocycles. The van der Waals surface area contributed by atoms with Crippen molar-refractivity contribution in [2.45, 2.75) is 33.1 Å². The molecule has 0 rings (SSSR count). The fourth-order valence-corrected chi connectivity index (χ4v) is 1.16. The Morgan fingerprint density at radius 1 is 1.31 bits per heavy atom. The summed E-state index contributed by atoms with van der Waals surface area (Å²) in [5, 5.41) is 17.3. The standard InChI is InChI=1S/C11H18O5/c1-8(2)7-16-5-3-4-9(11(14)15)6-10(12)13/h7,9H,3-6H2,1-2H3,(H,12,13)(H,14,15). The van der Waals surface area contributed by atoms with Crippen molar-refractivity contribution in [1.82, 2.24) is 0 Å². The van der Waals surface area contributed by atoms with Crippen LogP contribution in [0.5, 0.6) is 0 Å². The zero-order chi connectivity index (χ0) is 12.6. The second-order valence-corrected chi connectivity index (χ2v) is 3.84. The quantitative estimate of drug-likeness (QED) is 0.491. The van der Waals surface area contributed by atoms with Gasteiger partial charge < -0.3 is 14.9 Å². The molecule has 0 aliphatic rings. The molecule has 0 radical (unpaired) electrons. The van der Waals surface area contributed by atoms with E-state index in [0.717, 1.165) is 5.57 Å². The number of carbonyl (C=O) groups is 2. The lowest BCUT2D eigenvalue weighted by molar-refractivity contribution is -0.148. The van der Waals surface area contributed by atoms with E-state index in [1.165, 1.54) is 0 Å². The van der Waals surface area contributed by atoms with Gasteiger partial charge in [0, 0.05) is 0 Å². The van der Waals surface area contributed by atoms with Crippen molar-refractivity contribution in [2.75, 3.05) is 6.61 Å². The van der Waals surface area contributed by atoms with Gasteiger partial charge in [0.2, 0.25) is 0 Å². The van der Waals surface area contributed by atoms with Gasteiger partial charge in [-0.2, -0.15) is 0 Å². The van der Waals surface area contributed by atoms with Gasteiger partial charge in [-0.05, 0) is 32.3 Å². The third-order valence-electron chi connectivity index (χ3n) is 1.90. The summed E-state index contributed by atoms with van der Waals surface area (Å²) in [5.74, 6) is -2.98. The van der Waals surface area contributed by atoms with Crippen molar-refractivity contribution in [3.63, 3.8) is 0 Å². The van der Waals surface area contributed by atoms with Crippen LogP contribution < -0.4 is 0 Å². The zero-order valence-electron chi connectivity index (χ0n) is 9.60. The normalized spacial score (nSPS) is 11.6. The van der Waals surface area contributed by atoms with E-state index in [1.807, 2.05) is 13.8 Å². The first-order valence-electron chi connectivity index (χ1n) is 5.13. The van der Waals surface area contributed by atoms with Crippen molar-refractivity contribution < 1.29 is 24.5 Å². The Kier molecular flexibility index (Phi) is 7.00. The fraction of sp³-hybridized carbons (Fsp3) is 0.636. The van der Waals surface area contributed by atoms with E-state index >= 15 is 0 Å². The van der Waals surface area contributed by atoms with Crippen LogP contribution in [0.15, 0.2) is 11.8 Å². The molecule has 0 heterocycles. The molecule has 16 heavy (non-hydrogen) atoms. The third kappa shape index (κ3) is 7.84. The number of carboxylic acids is 2. The van der Waals surface area contributed by atoms with E-state index in [1.54, 1.807) is 6.26 Å². The van der Waals surface area contributed by atoms with E-state index in [4.69, 9.17) is 14.9 Å². The molecule has 0 aromatic carbocycles. The van der Waals surface area contributed by atoms with Gasteiger partial charge in [-0.3, -0.25) is 9.59 Å². The maximum atomic E-state index is 10.7. The topological polar surface area (TPSA) is 83.8 Å². The van der Waals surface area contributed by atoms with E-state index in [0.29, 0.717) is 19.4 Å². The molecule has 1 unspecified atom stereocenters. The van der Waals surface area contributed by atoms with Gasteiger partial charge in [0.05, 0.1) is 25.2 Å². The van der Waals surface area contributed by atoms with Crippen LogP contribution >= 0.6 is 0 Å². The van der Waals surface area contributed by atoms with E-state index in [-0.39, 0.29) is 6.42 Å². The van der Waals surface area contributed by atoms with Crippen LogP contribution in [-0.4, -0.2) is 28.8 Å². The number of hydrogen-bond donors (Lipinski definition) is 2. The molecule has 5 nitrogen and oxygen atoms in total. The van der Waals surface area contributed by atoms with Crippen LogP contribution in [-0.2, 0) is 14.3 Å². The molecule has 92 valence electrons. The molecule has 0 bridgehead atoms. The lowest BCUT2D eigenvalue weighted by atomic mass is 10.00. The summed E-state index contributed by atoms with van der Waals surface area (Å²) in [6.45, 7) is 4.20. The number of ether oxygens (including phenoxy) is 1. The van der Waals surface area contributed by atoms with Gasteiger partial charge in [-0.25, -0.2) is 0 Å². The Hall–Kier alpha value is -1.52. The van der Waals surface area contributed by atoms with Crippen LogP contribution in [0.3, 0.4) is 0 Å². The minimum Gasteiger partial charge on any atom is -0.501 e. The summed E-state index contributed by atoms with van der Waals surface area (Å²) in [7, 11) is 0. The first-order valence-corrected chi connectivity index (χ1v) is 5.13. The van der Waals surface area contributed by atoms with Crippen LogP contribution in [0.1, 0.15) is 33.1 Å². The van der Waals surface area contributed by atoms with Crippen LogP contribution in [0, 0.1) is 5.92 Å². The van der Waals surface area contributed by atoms with Gasteiger partial charge in [-0.15, -0.1) is 0 Å². The van der Waals surface area contributed by atoms with Crippen molar-refractivity contribution in [3.05, 3.63) is 11.8 Å². The SMILES string of the molecule is CC(C)=COCCCC(CC(=O)O)C(=O)O. The van der Waals surface area contributed by atoms with Gasteiger partial charge in [0.25, 0.3) is 0 Å². The molecule has 0 spiro atoms. The van der Waals surface area contributed by atoms with E-state index in [2.05, 4.69) is 0 Å². The molecule has 1 atom stereocenters. The number of aliphatic carboxylic acids is 2.